The summed E-state index contributed by atoms with van der Waals surface area (Å²) in [6.07, 6.45) is 5.19. The van der Waals surface area contributed by atoms with E-state index in [9.17, 15) is 10.2 Å². The van der Waals surface area contributed by atoms with Crippen molar-refractivity contribution in [2.45, 2.75) is 68.7 Å². The maximum Gasteiger partial charge on any atom is 0.109 e. The standard InChI is InChI=1S/C20H38N4O4/c25-14-17-20(26)19(16(28-17)13-22-15-4-11-27-12-5-15)24-9-7-23(8-10-24)18-3-1-2-6-21-18/h15-22,25-26H,1-14H2/t16-,17+,18?,19-,20-/m1/s1. The Hall–Kier alpha value is -0.320. The second-order valence-electron chi connectivity index (χ2n) is 8.71. The fourth-order valence-electron chi connectivity index (χ4n) is 5.27. The van der Waals surface area contributed by atoms with Crippen LogP contribution in [0.1, 0.15) is 32.1 Å². The molecule has 0 amide bonds. The zero-order valence-electron chi connectivity index (χ0n) is 17.0. The highest BCUT2D eigenvalue weighted by Gasteiger charge is 2.47. The first-order valence-corrected chi connectivity index (χ1v) is 11.2. The summed E-state index contributed by atoms with van der Waals surface area (Å²) < 4.78 is 11.5. The van der Waals surface area contributed by atoms with E-state index in [2.05, 4.69) is 20.4 Å². The lowest BCUT2D eigenvalue weighted by Gasteiger charge is -2.44. The summed E-state index contributed by atoms with van der Waals surface area (Å²) in [5, 5.41) is 27.7. The lowest BCUT2D eigenvalue weighted by molar-refractivity contribution is -0.0231. The Bertz CT molecular complexity index is 465. The largest absolute Gasteiger partial charge is 0.394 e. The molecule has 0 bridgehead atoms. The van der Waals surface area contributed by atoms with Gasteiger partial charge in [0.05, 0.1) is 24.9 Å². The van der Waals surface area contributed by atoms with Crippen molar-refractivity contribution >= 4 is 0 Å². The van der Waals surface area contributed by atoms with Crippen LogP contribution in [0.2, 0.25) is 0 Å². The van der Waals surface area contributed by atoms with Crippen LogP contribution >= 0.6 is 0 Å². The highest BCUT2D eigenvalue weighted by atomic mass is 16.5. The molecule has 0 aliphatic carbocycles. The molecule has 0 aromatic rings. The van der Waals surface area contributed by atoms with Gasteiger partial charge in [0.25, 0.3) is 0 Å². The van der Waals surface area contributed by atoms with Crippen molar-refractivity contribution in [2.24, 2.45) is 0 Å². The summed E-state index contributed by atoms with van der Waals surface area (Å²) in [5.41, 5.74) is 0. The molecule has 0 saturated carbocycles. The molecule has 1 unspecified atom stereocenters. The zero-order chi connectivity index (χ0) is 19.3. The predicted molar refractivity (Wildman–Crippen MR) is 106 cm³/mol. The number of rotatable bonds is 6. The lowest BCUT2D eigenvalue weighted by Crippen LogP contribution is -2.61. The smallest absolute Gasteiger partial charge is 0.109 e. The van der Waals surface area contributed by atoms with Gasteiger partial charge in [-0.3, -0.25) is 9.80 Å². The quantitative estimate of drug-likeness (QED) is 0.451. The van der Waals surface area contributed by atoms with Crippen molar-refractivity contribution in [3.05, 3.63) is 0 Å². The van der Waals surface area contributed by atoms with Crippen LogP contribution in [0.25, 0.3) is 0 Å². The molecule has 0 aromatic heterocycles. The first-order chi connectivity index (χ1) is 13.8. The first-order valence-electron chi connectivity index (χ1n) is 11.2. The second kappa shape index (κ2) is 10.1. The molecule has 8 nitrogen and oxygen atoms in total. The van der Waals surface area contributed by atoms with Crippen LogP contribution < -0.4 is 10.6 Å². The van der Waals surface area contributed by atoms with Gasteiger partial charge in [0, 0.05) is 52.0 Å². The molecule has 28 heavy (non-hydrogen) atoms. The molecule has 0 spiro atoms. The van der Waals surface area contributed by atoms with E-state index in [-0.39, 0.29) is 18.8 Å². The third-order valence-corrected chi connectivity index (χ3v) is 6.97. The van der Waals surface area contributed by atoms with Crippen LogP contribution in [0.4, 0.5) is 0 Å². The number of nitrogens with one attached hydrogen (secondary N) is 2. The fourth-order valence-corrected chi connectivity index (χ4v) is 5.27. The number of piperazine rings is 1. The molecule has 4 saturated heterocycles. The van der Waals surface area contributed by atoms with Gasteiger partial charge >= 0.3 is 0 Å². The van der Waals surface area contributed by atoms with Gasteiger partial charge in [0.2, 0.25) is 0 Å². The Morgan fingerprint density at radius 3 is 2.39 bits per heavy atom. The molecule has 4 heterocycles. The van der Waals surface area contributed by atoms with Crippen molar-refractivity contribution in [3.63, 3.8) is 0 Å². The van der Waals surface area contributed by atoms with E-state index in [4.69, 9.17) is 9.47 Å². The highest BCUT2D eigenvalue weighted by molar-refractivity contribution is 4.99. The molecule has 5 atom stereocenters. The third kappa shape index (κ3) is 4.87. The van der Waals surface area contributed by atoms with Crippen molar-refractivity contribution in [2.75, 3.05) is 59.1 Å². The molecule has 4 aliphatic heterocycles. The summed E-state index contributed by atoms with van der Waals surface area (Å²) in [7, 11) is 0. The van der Waals surface area contributed by atoms with Crippen LogP contribution in [-0.4, -0.2) is 116 Å². The maximum absolute atomic E-state index is 10.8. The average molecular weight is 399 g/mol. The van der Waals surface area contributed by atoms with E-state index in [1.807, 2.05) is 0 Å². The monoisotopic (exact) mass is 398 g/mol. The summed E-state index contributed by atoms with van der Waals surface area (Å²) in [5.74, 6) is 0. The molecule has 162 valence electrons. The number of ether oxygens (including phenoxy) is 2. The van der Waals surface area contributed by atoms with Gasteiger partial charge in [-0.2, -0.15) is 0 Å². The Balaban J connectivity index is 1.32. The summed E-state index contributed by atoms with van der Waals surface area (Å²) in [6.45, 7) is 7.25. The number of piperidine rings is 1. The normalized spacial score (nSPS) is 39.4. The Kier molecular flexibility index (Phi) is 7.57. The molecular formula is C20H38N4O4. The van der Waals surface area contributed by atoms with E-state index < -0.39 is 12.2 Å². The van der Waals surface area contributed by atoms with Gasteiger partial charge in [-0.25, -0.2) is 0 Å². The van der Waals surface area contributed by atoms with E-state index in [0.29, 0.717) is 18.8 Å². The van der Waals surface area contributed by atoms with Crippen LogP contribution in [0.3, 0.4) is 0 Å². The molecule has 4 aliphatic rings. The molecule has 8 heteroatoms. The molecule has 4 rings (SSSR count). The van der Waals surface area contributed by atoms with Gasteiger partial charge < -0.3 is 30.3 Å². The van der Waals surface area contributed by atoms with E-state index >= 15 is 0 Å². The van der Waals surface area contributed by atoms with Crippen LogP contribution in [0.15, 0.2) is 0 Å². The fraction of sp³-hybridized carbons (Fsp3) is 1.00. The SMILES string of the molecule is OC[C@@H]1O[C@H](CNC2CCOCC2)[C@@H](N2CCN(C3CCCCN3)CC2)[C@@H]1O. The van der Waals surface area contributed by atoms with Gasteiger partial charge in [0.15, 0.2) is 0 Å². The molecule has 0 aromatic carbocycles. The van der Waals surface area contributed by atoms with Gasteiger partial charge in [0.1, 0.15) is 12.2 Å². The van der Waals surface area contributed by atoms with Crippen LogP contribution in [0.5, 0.6) is 0 Å². The Labute approximate surface area is 168 Å². The number of aliphatic hydroxyl groups excluding tert-OH is 2. The Morgan fingerprint density at radius 2 is 1.71 bits per heavy atom. The average Bonchev–Trinajstić information content (AvgIpc) is 3.09. The van der Waals surface area contributed by atoms with Crippen LogP contribution in [-0.2, 0) is 9.47 Å². The van der Waals surface area contributed by atoms with E-state index in [0.717, 1.165) is 58.8 Å². The topological polar surface area (TPSA) is 89.5 Å². The minimum absolute atomic E-state index is 0.0500. The number of nitrogens with zero attached hydrogens (tertiary/aromatic N) is 2. The van der Waals surface area contributed by atoms with Crippen molar-refractivity contribution in [1.29, 1.82) is 0 Å². The zero-order valence-corrected chi connectivity index (χ0v) is 17.0. The van der Waals surface area contributed by atoms with Gasteiger partial charge in [-0.1, -0.05) is 0 Å². The van der Waals surface area contributed by atoms with Gasteiger partial charge in [-0.05, 0) is 38.6 Å². The second-order valence-corrected chi connectivity index (χ2v) is 8.71. The van der Waals surface area contributed by atoms with Crippen molar-refractivity contribution in [3.8, 4) is 0 Å². The predicted octanol–water partition coefficient (Wildman–Crippen LogP) is -1.04. The molecule has 4 N–H and O–H groups in total. The number of hydrogen-bond acceptors (Lipinski definition) is 8. The minimum Gasteiger partial charge on any atom is -0.394 e. The summed E-state index contributed by atoms with van der Waals surface area (Å²) >= 11 is 0. The van der Waals surface area contributed by atoms with Gasteiger partial charge in [-0.15, -0.1) is 0 Å². The van der Waals surface area contributed by atoms with E-state index in [1.54, 1.807) is 0 Å². The van der Waals surface area contributed by atoms with Crippen molar-refractivity contribution < 1.29 is 19.7 Å². The van der Waals surface area contributed by atoms with E-state index in [1.165, 1.54) is 19.3 Å². The van der Waals surface area contributed by atoms with Crippen LogP contribution in [0, 0.1) is 0 Å². The Morgan fingerprint density at radius 1 is 0.964 bits per heavy atom. The highest BCUT2D eigenvalue weighted by Crippen LogP contribution is 2.27. The third-order valence-electron chi connectivity index (χ3n) is 6.97. The first kappa shape index (κ1) is 20.9. The number of hydrogen-bond donors (Lipinski definition) is 4. The summed E-state index contributed by atoms with van der Waals surface area (Å²) in [6, 6.07) is 0.406. The molecule has 4 fully saturated rings. The lowest BCUT2D eigenvalue weighted by atomic mass is 10.0. The molecule has 0 radical (unpaired) electrons. The summed E-state index contributed by atoms with van der Waals surface area (Å²) in [4.78, 5) is 4.94. The number of aliphatic hydroxyl groups is 2. The van der Waals surface area contributed by atoms with Crippen molar-refractivity contribution in [1.82, 2.24) is 20.4 Å². The minimum atomic E-state index is -0.633. The molecular weight excluding hydrogens is 360 g/mol. The maximum atomic E-state index is 10.8.